The van der Waals surface area contributed by atoms with E-state index in [0.29, 0.717) is 35.7 Å². The molecule has 0 spiro atoms. The van der Waals surface area contributed by atoms with Gasteiger partial charge in [0.2, 0.25) is 5.91 Å². The number of hydrogen-bond acceptors (Lipinski definition) is 7. The van der Waals surface area contributed by atoms with E-state index in [1.54, 1.807) is 45.4 Å². The van der Waals surface area contributed by atoms with Crippen molar-refractivity contribution in [2.45, 2.75) is 25.8 Å². The summed E-state index contributed by atoms with van der Waals surface area (Å²) in [5, 5.41) is 3.16. The first-order valence-electron chi connectivity index (χ1n) is 10.1. The van der Waals surface area contributed by atoms with Gasteiger partial charge in [-0.15, -0.1) is 0 Å². The molecular weight excluding hydrogens is 400 g/mol. The molecule has 1 heterocycles. The zero-order chi connectivity index (χ0) is 22.4. The molecule has 1 saturated heterocycles. The Morgan fingerprint density at radius 1 is 1.06 bits per heavy atom. The predicted molar refractivity (Wildman–Crippen MR) is 115 cm³/mol. The number of esters is 1. The predicted octanol–water partition coefficient (Wildman–Crippen LogP) is 2.34. The van der Waals surface area contributed by atoms with Crippen LogP contribution < -0.4 is 19.7 Å². The van der Waals surface area contributed by atoms with Gasteiger partial charge in [0.25, 0.3) is 5.91 Å². The van der Waals surface area contributed by atoms with Gasteiger partial charge in [-0.1, -0.05) is 6.07 Å². The summed E-state index contributed by atoms with van der Waals surface area (Å²) >= 11 is 0. The van der Waals surface area contributed by atoms with Crippen molar-refractivity contribution in [3.8, 4) is 11.5 Å². The maximum absolute atomic E-state index is 12.8. The zero-order valence-electron chi connectivity index (χ0n) is 17.8. The van der Waals surface area contributed by atoms with Gasteiger partial charge >= 0.3 is 5.97 Å². The summed E-state index contributed by atoms with van der Waals surface area (Å²) in [7, 11) is 3.16. The van der Waals surface area contributed by atoms with E-state index in [-0.39, 0.29) is 24.8 Å². The molecule has 0 radical (unpaired) electrons. The molecular formula is C23H26N2O6. The highest BCUT2D eigenvalue weighted by atomic mass is 16.5. The van der Waals surface area contributed by atoms with Crippen molar-refractivity contribution in [2.75, 3.05) is 32.3 Å². The number of methoxy groups -OCH3 is 2. The molecule has 1 atom stereocenters. The summed E-state index contributed by atoms with van der Waals surface area (Å²) in [5.74, 6) is 0.270. The quantitative estimate of drug-likeness (QED) is 0.486. The number of carbonyl (C=O) groups excluding carboxylic acids is 3. The van der Waals surface area contributed by atoms with Gasteiger partial charge in [-0.3, -0.25) is 9.59 Å². The summed E-state index contributed by atoms with van der Waals surface area (Å²) < 4.78 is 15.5. The minimum atomic E-state index is -0.586. The van der Waals surface area contributed by atoms with Crippen molar-refractivity contribution < 1.29 is 28.6 Å². The van der Waals surface area contributed by atoms with E-state index < -0.39 is 12.0 Å². The molecule has 1 aliphatic heterocycles. The summed E-state index contributed by atoms with van der Waals surface area (Å²) in [4.78, 5) is 38.2. The fraction of sp³-hybridized carbons (Fsp3) is 0.348. The van der Waals surface area contributed by atoms with Gasteiger partial charge in [0.1, 0.15) is 0 Å². The van der Waals surface area contributed by atoms with Gasteiger partial charge in [-0.2, -0.15) is 0 Å². The summed E-state index contributed by atoms with van der Waals surface area (Å²) in [5.41, 5.74) is 1.83. The largest absolute Gasteiger partial charge is 0.493 e. The van der Waals surface area contributed by atoms with Gasteiger partial charge in [-0.05, 0) is 61.9 Å². The number of benzene rings is 2. The lowest BCUT2D eigenvalue weighted by atomic mass is 10.1. The Bertz CT molecular complexity index is 957. The molecule has 0 bridgehead atoms. The SMILES string of the molecule is CCOC(=O)c1ccc(N2C(=O)C[C@H](NCCc3ccc(OC)c(OC)c3)C2=O)cc1. The molecule has 0 unspecified atom stereocenters. The van der Waals surface area contributed by atoms with Crippen LogP contribution in [-0.2, 0) is 20.7 Å². The fourth-order valence-corrected chi connectivity index (χ4v) is 3.45. The van der Waals surface area contributed by atoms with E-state index >= 15 is 0 Å². The Morgan fingerprint density at radius 3 is 2.42 bits per heavy atom. The number of rotatable bonds is 9. The Labute approximate surface area is 181 Å². The van der Waals surface area contributed by atoms with Gasteiger partial charge in [0.05, 0.1) is 44.5 Å². The third kappa shape index (κ3) is 5.03. The van der Waals surface area contributed by atoms with Crippen molar-refractivity contribution >= 4 is 23.5 Å². The lowest BCUT2D eigenvalue weighted by Crippen LogP contribution is -2.39. The lowest BCUT2D eigenvalue weighted by molar-refractivity contribution is -0.121. The molecule has 8 nitrogen and oxygen atoms in total. The van der Waals surface area contributed by atoms with Crippen LogP contribution in [0.25, 0.3) is 0 Å². The second-order valence-electron chi connectivity index (χ2n) is 6.98. The van der Waals surface area contributed by atoms with Crippen LogP contribution in [0.15, 0.2) is 42.5 Å². The smallest absolute Gasteiger partial charge is 0.338 e. The second kappa shape index (κ2) is 10.1. The van der Waals surface area contributed by atoms with Crippen molar-refractivity contribution in [2.24, 2.45) is 0 Å². The van der Waals surface area contributed by atoms with Crippen molar-refractivity contribution in [3.63, 3.8) is 0 Å². The van der Waals surface area contributed by atoms with Crippen molar-refractivity contribution in [1.82, 2.24) is 5.32 Å². The maximum atomic E-state index is 12.8. The Kier molecular flexibility index (Phi) is 7.25. The molecule has 2 amide bonds. The van der Waals surface area contributed by atoms with Crippen LogP contribution >= 0.6 is 0 Å². The molecule has 2 aromatic rings. The Hall–Kier alpha value is -3.39. The number of anilines is 1. The molecule has 0 aromatic heterocycles. The maximum Gasteiger partial charge on any atom is 0.338 e. The first-order chi connectivity index (χ1) is 15.0. The molecule has 31 heavy (non-hydrogen) atoms. The van der Waals surface area contributed by atoms with Gasteiger partial charge in [0.15, 0.2) is 11.5 Å². The monoisotopic (exact) mass is 426 g/mol. The lowest BCUT2D eigenvalue weighted by Gasteiger charge is -2.16. The highest BCUT2D eigenvalue weighted by molar-refractivity contribution is 6.22. The number of nitrogens with zero attached hydrogens (tertiary/aromatic N) is 1. The topological polar surface area (TPSA) is 94.2 Å². The minimum absolute atomic E-state index is 0.0877. The Balaban J connectivity index is 1.59. The fourth-order valence-electron chi connectivity index (χ4n) is 3.45. The van der Waals surface area contributed by atoms with E-state index in [4.69, 9.17) is 14.2 Å². The average molecular weight is 426 g/mol. The first kappa shape index (κ1) is 22.3. The van der Waals surface area contributed by atoms with Crippen LogP contribution in [0.5, 0.6) is 11.5 Å². The third-order valence-corrected chi connectivity index (χ3v) is 5.04. The molecule has 1 N–H and O–H groups in total. The molecule has 0 aliphatic carbocycles. The van der Waals surface area contributed by atoms with Crippen LogP contribution in [0.4, 0.5) is 5.69 Å². The minimum Gasteiger partial charge on any atom is -0.493 e. The number of nitrogens with one attached hydrogen (secondary N) is 1. The van der Waals surface area contributed by atoms with Gasteiger partial charge in [-0.25, -0.2) is 9.69 Å². The van der Waals surface area contributed by atoms with Crippen LogP contribution in [0.3, 0.4) is 0 Å². The van der Waals surface area contributed by atoms with Gasteiger partial charge < -0.3 is 19.5 Å². The van der Waals surface area contributed by atoms with Crippen LogP contribution in [0.1, 0.15) is 29.3 Å². The number of hydrogen-bond donors (Lipinski definition) is 1. The summed E-state index contributed by atoms with van der Waals surface area (Å²) in [6.07, 6.45) is 0.747. The van der Waals surface area contributed by atoms with E-state index in [1.807, 2.05) is 18.2 Å². The first-order valence-corrected chi connectivity index (χ1v) is 10.1. The van der Waals surface area contributed by atoms with Crippen LogP contribution in [0.2, 0.25) is 0 Å². The normalized spacial score (nSPS) is 15.8. The molecule has 1 fully saturated rings. The van der Waals surface area contributed by atoms with Crippen LogP contribution in [-0.4, -0.2) is 51.2 Å². The number of carbonyl (C=O) groups is 3. The number of imide groups is 1. The third-order valence-electron chi connectivity index (χ3n) is 5.04. The Morgan fingerprint density at radius 2 is 1.77 bits per heavy atom. The molecule has 2 aromatic carbocycles. The van der Waals surface area contributed by atoms with Crippen LogP contribution in [0, 0.1) is 0 Å². The highest BCUT2D eigenvalue weighted by Crippen LogP contribution is 2.28. The molecule has 8 heteroatoms. The number of ether oxygens (including phenoxy) is 3. The molecule has 3 rings (SSSR count). The standard InChI is InChI=1S/C23H26N2O6/c1-4-31-23(28)16-6-8-17(9-7-16)25-21(26)14-18(22(25)27)24-12-11-15-5-10-19(29-2)20(13-15)30-3/h5-10,13,18,24H,4,11-12,14H2,1-3H3/t18-/m0/s1. The molecule has 164 valence electrons. The van der Waals surface area contributed by atoms with E-state index in [9.17, 15) is 14.4 Å². The van der Waals surface area contributed by atoms with E-state index in [2.05, 4.69) is 5.32 Å². The summed E-state index contributed by atoms with van der Waals surface area (Å²) in [6, 6.07) is 11.3. The van der Waals surface area contributed by atoms with Gasteiger partial charge in [0, 0.05) is 0 Å². The molecule has 1 aliphatic rings. The zero-order valence-corrected chi connectivity index (χ0v) is 17.8. The van der Waals surface area contributed by atoms with Crippen molar-refractivity contribution in [3.05, 3.63) is 53.6 Å². The van der Waals surface area contributed by atoms with Crippen molar-refractivity contribution in [1.29, 1.82) is 0 Å². The molecule has 0 saturated carbocycles. The van der Waals surface area contributed by atoms with E-state index in [1.165, 1.54) is 0 Å². The highest BCUT2D eigenvalue weighted by Gasteiger charge is 2.39. The number of amides is 2. The second-order valence-corrected chi connectivity index (χ2v) is 6.98. The summed E-state index contributed by atoms with van der Waals surface area (Å²) in [6.45, 7) is 2.53. The average Bonchev–Trinajstić information content (AvgIpc) is 3.06. The van der Waals surface area contributed by atoms with E-state index in [0.717, 1.165) is 10.5 Å².